The third-order valence-corrected chi connectivity index (χ3v) is 6.02. The Balaban J connectivity index is 0.000000235. The molecule has 0 aliphatic heterocycles. The fraction of sp³-hybridized carbons (Fsp3) is 0.107. The lowest BCUT2D eigenvalue weighted by Gasteiger charge is -2.09. The second kappa shape index (κ2) is 11.4. The maximum Gasteiger partial charge on any atom is 0.201 e. The number of aryl methyl sites for hydroxylation is 1. The number of rotatable bonds is 6. The van der Waals surface area contributed by atoms with E-state index >= 15 is 0 Å². The van der Waals surface area contributed by atoms with Gasteiger partial charge in [0.2, 0.25) is 6.04 Å². The van der Waals surface area contributed by atoms with Crippen molar-refractivity contribution in [3.05, 3.63) is 144 Å². The molecule has 0 bridgehead atoms. The van der Waals surface area contributed by atoms with Gasteiger partial charge in [0, 0.05) is 17.7 Å². The van der Waals surface area contributed by atoms with Gasteiger partial charge in [-0.3, -0.25) is 0 Å². The van der Waals surface area contributed by atoms with Crippen LogP contribution in [0.15, 0.2) is 127 Å². The van der Waals surface area contributed by atoms with Crippen LogP contribution in [0.4, 0.5) is 0 Å². The van der Waals surface area contributed by atoms with Gasteiger partial charge in [-0.05, 0) is 42.7 Å². The van der Waals surface area contributed by atoms with Crippen molar-refractivity contribution in [3.8, 4) is 0 Å². The molecule has 4 aromatic rings. The predicted molar refractivity (Wildman–Crippen MR) is 130 cm³/mol. The second-order valence-corrected chi connectivity index (χ2v) is 9.05. The Kier molecular flexibility index (Phi) is 8.30. The lowest BCUT2D eigenvalue weighted by molar-refractivity contribution is -0.703. The zero-order valence-electron chi connectivity index (χ0n) is 18.5. The van der Waals surface area contributed by atoms with Gasteiger partial charge in [-0.25, -0.2) is 8.42 Å². The lowest BCUT2D eigenvalue weighted by Crippen LogP contribution is -2.38. The average Bonchev–Trinajstić information content (AvgIpc) is 2.82. The Hall–Kier alpha value is -3.54. The topological polar surface area (TPSA) is 61.1 Å². The summed E-state index contributed by atoms with van der Waals surface area (Å²) in [6.07, 6.45) is 7.22. The van der Waals surface area contributed by atoms with E-state index in [1.54, 1.807) is 12.1 Å². The molecule has 0 spiro atoms. The Bertz CT molecular complexity index is 1250. The van der Waals surface area contributed by atoms with E-state index in [2.05, 4.69) is 90.3 Å². The average molecular weight is 458 g/mol. The number of benzene rings is 3. The van der Waals surface area contributed by atoms with Gasteiger partial charge in [0.15, 0.2) is 12.4 Å². The highest BCUT2D eigenvalue weighted by Crippen LogP contribution is 2.14. The molecule has 1 unspecified atom stereocenters. The van der Waals surface area contributed by atoms with Gasteiger partial charge >= 0.3 is 0 Å². The van der Waals surface area contributed by atoms with Gasteiger partial charge in [-0.15, -0.1) is 0 Å². The first-order valence-electron chi connectivity index (χ1n) is 10.6. The summed E-state index contributed by atoms with van der Waals surface area (Å²) >= 11 is 0. The number of allylic oxidation sites excluding steroid dienone is 1. The Labute approximate surface area is 196 Å². The van der Waals surface area contributed by atoms with Crippen molar-refractivity contribution in [2.75, 3.05) is 0 Å². The minimum Gasteiger partial charge on any atom is -0.744 e. The summed E-state index contributed by atoms with van der Waals surface area (Å²) in [5.74, 6) is 0. The summed E-state index contributed by atoms with van der Waals surface area (Å²) in [4.78, 5) is -0.178. The van der Waals surface area contributed by atoms with E-state index in [0.717, 1.165) is 12.0 Å². The molecular formula is C28H27NO3S. The largest absolute Gasteiger partial charge is 0.744 e. The summed E-state index contributed by atoms with van der Waals surface area (Å²) in [7, 11) is -4.27. The van der Waals surface area contributed by atoms with Crippen LogP contribution in [-0.2, 0) is 16.5 Å². The van der Waals surface area contributed by atoms with Crippen LogP contribution in [-0.4, -0.2) is 13.0 Å². The molecule has 5 heteroatoms. The van der Waals surface area contributed by atoms with E-state index in [0.29, 0.717) is 0 Å². The van der Waals surface area contributed by atoms with E-state index in [9.17, 15) is 13.0 Å². The maximum atomic E-state index is 10.4. The van der Waals surface area contributed by atoms with Crippen molar-refractivity contribution in [3.63, 3.8) is 0 Å². The van der Waals surface area contributed by atoms with Gasteiger partial charge in [-0.1, -0.05) is 84.9 Å². The molecular weight excluding hydrogens is 430 g/mol. The second-order valence-electron chi connectivity index (χ2n) is 7.67. The van der Waals surface area contributed by atoms with Crippen molar-refractivity contribution in [2.45, 2.75) is 24.3 Å². The molecule has 4 nitrogen and oxygen atoms in total. The molecule has 1 aromatic heterocycles. The molecule has 4 rings (SSSR count). The van der Waals surface area contributed by atoms with Crippen LogP contribution in [0.1, 0.15) is 28.3 Å². The molecule has 0 saturated carbocycles. The van der Waals surface area contributed by atoms with Crippen molar-refractivity contribution >= 4 is 10.1 Å². The van der Waals surface area contributed by atoms with Crippen LogP contribution >= 0.6 is 0 Å². The van der Waals surface area contributed by atoms with Crippen molar-refractivity contribution in [1.82, 2.24) is 0 Å². The highest BCUT2D eigenvalue weighted by Gasteiger charge is 2.16. The number of nitrogens with zero attached hydrogens (tertiary/aromatic N) is 1. The predicted octanol–water partition coefficient (Wildman–Crippen LogP) is 5.24. The Morgan fingerprint density at radius 3 is 1.85 bits per heavy atom. The van der Waals surface area contributed by atoms with Crippen LogP contribution < -0.4 is 4.57 Å². The Morgan fingerprint density at radius 1 is 0.818 bits per heavy atom. The van der Waals surface area contributed by atoms with E-state index in [1.807, 2.05) is 19.1 Å². The molecule has 1 atom stereocenters. The molecule has 168 valence electrons. The van der Waals surface area contributed by atoms with Crippen LogP contribution in [0.25, 0.3) is 0 Å². The van der Waals surface area contributed by atoms with E-state index < -0.39 is 10.1 Å². The highest BCUT2D eigenvalue weighted by atomic mass is 32.2. The SMILES string of the molecule is C=CC(c1ccccc1)[n+]1ccc(Cc2ccccc2)cc1.Cc1ccc(S(=O)(=O)[O-])cc1. The molecule has 33 heavy (non-hydrogen) atoms. The van der Waals surface area contributed by atoms with E-state index in [4.69, 9.17) is 0 Å². The van der Waals surface area contributed by atoms with Crippen LogP contribution in [0, 0.1) is 6.92 Å². The van der Waals surface area contributed by atoms with Crippen LogP contribution in [0.3, 0.4) is 0 Å². The number of hydrogen-bond acceptors (Lipinski definition) is 3. The van der Waals surface area contributed by atoms with Crippen molar-refractivity contribution in [2.24, 2.45) is 0 Å². The Morgan fingerprint density at radius 2 is 1.33 bits per heavy atom. The molecule has 0 saturated heterocycles. The summed E-state index contributed by atoms with van der Waals surface area (Å²) < 4.78 is 33.4. The summed E-state index contributed by atoms with van der Waals surface area (Å²) in [5, 5.41) is 0. The van der Waals surface area contributed by atoms with Crippen molar-refractivity contribution < 1.29 is 17.5 Å². The fourth-order valence-electron chi connectivity index (χ4n) is 3.39. The van der Waals surface area contributed by atoms with Gasteiger partial charge in [0.1, 0.15) is 10.1 Å². The first kappa shape index (κ1) is 24.1. The van der Waals surface area contributed by atoms with Crippen molar-refractivity contribution in [1.29, 1.82) is 0 Å². The van der Waals surface area contributed by atoms with Gasteiger partial charge in [0.25, 0.3) is 0 Å². The van der Waals surface area contributed by atoms with E-state index in [1.165, 1.54) is 28.8 Å². The third kappa shape index (κ3) is 7.24. The standard InChI is InChI=1S/C21H20N.C7H8O3S/c1-2-21(20-11-7-4-8-12-20)22-15-13-19(14-16-22)17-18-9-5-3-6-10-18;1-6-2-4-7(5-3-6)11(8,9)10/h2-16,21H,1,17H2;2-5H,1H3,(H,8,9,10)/q+1;/p-1. The molecule has 1 heterocycles. The zero-order valence-corrected chi connectivity index (χ0v) is 19.4. The molecule has 0 amide bonds. The summed E-state index contributed by atoms with van der Waals surface area (Å²) in [6.45, 7) is 5.80. The molecule has 0 radical (unpaired) electrons. The minimum absolute atomic E-state index is 0.173. The fourth-order valence-corrected chi connectivity index (χ4v) is 3.86. The monoisotopic (exact) mass is 457 g/mol. The smallest absolute Gasteiger partial charge is 0.201 e. The maximum absolute atomic E-state index is 10.4. The number of aromatic nitrogens is 1. The first-order chi connectivity index (χ1) is 15.9. The first-order valence-corrected chi connectivity index (χ1v) is 12.0. The van der Waals surface area contributed by atoms with Gasteiger partial charge < -0.3 is 4.55 Å². The van der Waals surface area contributed by atoms with Gasteiger partial charge in [-0.2, -0.15) is 4.57 Å². The highest BCUT2D eigenvalue weighted by molar-refractivity contribution is 7.85. The molecule has 0 fully saturated rings. The van der Waals surface area contributed by atoms with Crippen LogP contribution in [0.2, 0.25) is 0 Å². The number of hydrogen-bond donors (Lipinski definition) is 0. The summed E-state index contributed by atoms with van der Waals surface area (Å²) in [6, 6.07) is 31.3. The minimum atomic E-state index is -4.27. The molecule has 0 aliphatic carbocycles. The zero-order chi connectivity index (χ0) is 23.7. The third-order valence-electron chi connectivity index (χ3n) is 5.17. The quantitative estimate of drug-likeness (QED) is 0.226. The number of pyridine rings is 1. The summed E-state index contributed by atoms with van der Waals surface area (Å²) in [5.41, 5.74) is 4.83. The van der Waals surface area contributed by atoms with E-state index in [-0.39, 0.29) is 10.9 Å². The van der Waals surface area contributed by atoms with Crippen LogP contribution in [0.5, 0.6) is 0 Å². The molecule has 3 aromatic carbocycles. The molecule has 0 aliphatic rings. The normalized spacial score (nSPS) is 11.7. The van der Waals surface area contributed by atoms with Gasteiger partial charge in [0.05, 0.1) is 4.90 Å². The lowest BCUT2D eigenvalue weighted by atomic mass is 10.0. The molecule has 0 N–H and O–H groups in total.